The second kappa shape index (κ2) is 7.39. The summed E-state index contributed by atoms with van der Waals surface area (Å²) in [5.41, 5.74) is 0.990. The molecule has 0 heterocycles. The first-order valence-corrected chi connectivity index (χ1v) is 9.16. The van der Waals surface area contributed by atoms with Gasteiger partial charge in [-0.25, -0.2) is 0 Å². The second-order valence-corrected chi connectivity index (χ2v) is 9.17. The summed E-state index contributed by atoms with van der Waals surface area (Å²) in [7, 11) is 0. The van der Waals surface area contributed by atoms with Gasteiger partial charge in [-0.3, -0.25) is 9.59 Å². The number of aliphatic hydroxyl groups excluding tert-OH is 1. The summed E-state index contributed by atoms with van der Waals surface area (Å²) in [5, 5.41) is 13.3. The average Bonchev–Trinajstić information content (AvgIpc) is 2.78. The van der Waals surface area contributed by atoms with Gasteiger partial charge in [-0.05, 0) is 37.3 Å². The van der Waals surface area contributed by atoms with Crippen LogP contribution in [0.1, 0.15) is 65.1 Å². The first-order valence-electron chi connectivity index (χ1n) is 9.16. The molecule has 0 bridgehead atoms. The minimum Gasteiger partial charge on any atom is -0.460 e. The Bertz CT molecular complexity index is 669. The molecular formula is C21H31NO4. The second-order valence-electron chi connectivity index (χ2n) is 9.17. The van der Waals surface area contributed by atoms with Crippen LogP contribution in [-0.2, 0) is 20.7 Å². The molecule has 1 aliphatic carbocycles. The van der Waals surface area contributed by atoms with Crippen molar-refractivity contribution in [3.63, 3.8) is 0 Å². The van der Waals surface area contributed by atoms with Gasteiger partial charge in [0.2, 0.25) is 5.91 Å². The Morgan fingerprint density at radius 3 is 2.38 bits per heavy atom. The Morgan fingerprint density at radius 2 is 1.81 bits per heavy atom. The highest BCUT2D eigenvalue weighted by molar-refractivity contribution is 5.85. The molecule has 0 radical (unpaired) electrons. The zero-order valence-electron chi connectivity index (χ0n) is 16.6. The van der Waals surface area contributed by atoms with Crippen molar-refractivity contribution < 1.29 is 19.4 Å². The van der Waals surface area contributed by atoms with Gasteiger partial charge in [0, 0.05) is 6.42 Å². The van der Waals surface area contributed by atoms with Crippen LogP contribution in [0.5, 0.6) is 0 Å². The fourth-order valence-electron chi connectivity index (χ4n) is 3.34. The van der Waals surface area contributed by atoms with E-state index in [9.17, 15) is 14.7 Å². The largest absolute Gasteiger partial charge is 0.460 e. The fraction of sp³-hybridized carbons (Fsp3) is 0.619. The van der Waals surface area contributed by atoms with Crippen molar-refractivity contribution in [2.24, 2.45) is 11.3 Å². The zero-order chi connectivity index (χ0) is 19.7. The van der Waals surface area contributed by atoms with Crippen LogP contribution < -0.4 is 5.32 Å². The number of fused-ring (bicyclic) bond motifs is 1. The maximum atomic E-state index is 13.0. The normalized spacial score (nSPS) is 21.0. The van der Waals surface area contributed by atoms with Gasteiger partial charge < -0.3 is 15.2 Å². The summed E-state index contributed by atoms with van der Waals surface area (Å²) in [6.45, 7) is 11.2. The molecule has 1 aromatic rings. The van der Waals surface area contributed by atoms with Crippen molar-refractivity contribution in [1.82, 2.24) is 5.32 Å². The summed E-state index contributed by atoms with van der Waals surface area (Å²) in [6, 6.07) is 7.28. The van der Waals surface area contributed by atoms with Gasteiger partial charge in [-0.15, -0.1) is 0 Å². The highest BCUT2D eigenvalue weighted by Crippen LogP contribution is 2.34. The van der Waals surface area contributed by atoms with Gasteiger partial charge in [0.15, 0.2) is 0 Å². The summed E-state index contributed by atoms with van der Waals surface area (Å²) in [4.78, 5) is 25.2. The predicted octanol–water partition coefficient (Wildman–Crippen LogP) is 3.16. The number of amides is 1. The van der Waals surface area contributed by atoms with E-state index in [0.29, 0.717) is 6.42 Å². The molecule has 1 aromatic carbocycles. The van der Waals surface area contributed by atoms with Crippen LogP contribution in [0.25, 0.3) is 0 Å². The number of carbonyl (C=O) groups is 2. The third-order valence-corrected chi connectivity index (χ3v) is 4.65. The molecule has 0 saturated heterocycles. The summed E-state index contributed by atoms with van der Waals surface area (Å²) in [6.07, 6.45) is -0.122. The number of nitrogens with one attached hydrogen (secondary N) is 1. The van der Waals surface area contributed by atoms with Crippen LogP contribution in [0.3, 0.4) is 0 Å². The topological polar surface area (TPSA) is 75.6 Å². The van der Waals surface area contributed by atoms with Gasteiger partial charge in [0.25, 0.3) is 0 Å². The fourth-order valence-corrected chi connectivity index (χ4v) is 3.34. The highest BCUT2D eigenvalue weighted by atomic mass is 16.6. The molecule has 5 heteroatoms. The van der Waals surface area contributed by atoms with Crippen LogP contribution in [0.2, 0.25) is 0 Å². The van der Waals surface area contributed by atoms with E-state index >= 15 is 0 Å². The highest BCUT2D eigenvalue weighted by Gasteiger charge is 2.38. The number of carbonyl (C=O) groups excluding carboxylic acids is 2. The Hall–Kier alpha value is -1.88. The lowest BCUT2D eigenvalue weighted by Gasteiger charge is -2.31. The van der Waals surface area contributed by atoms with E-state index in [-0.39, 0.29) is 18.3 Å². The van der Waals surface area contributed by atoms with E-state index in [2.05, 4.69) is 5.32 Å². The smallest absolute Gasteiger partial charge is 0.307 e. The quantitative estimate of drug-likeness (QED) is 0.808. The lowest BCUT2D eigenvalue weighted by molar-refractivity contribution is -0.159. The van der Waals surface area contributed by atoms with E-state index in [1.165, 1.54) is 0 Å². The molecule has 0 saturated carbocycles. The Labute approximate surface area is 156 Å². The minimum absolute atomic E-state index is 0.0110. The molecule has 5 nitrogen and oxygen atoms in total. The first-order chi connectivity index (χ1) is 11.9. The van der Waals surface area contributed by atoms with Gasteiger partial charge in [0.05, 0.1) is 24.5 Å². The number of hydrogen-bond donors (Lipinski definition) is 2. The summed E-state index contributed by atoms with van der Waals surface area (Å²) in [5.74, 6) is -1.17. The maximum Gasteiger partial charge on any atom is 0.307 e. The molecule has 2 rings (SSSR count). The van der Waals surface area contributed by atoms with Crippen molar-refractivity contribution in [3.05, 3.63) is 35.4 Å². The van der Waals surface area contributed by atoms with Gasteiger partial charge >= 0.3 is 5.97 Å². The molecule has 1 amide bonds. The van der Waals surface area contributed by atoms with E-state index in [0.717, 1.165) is 11.1 Å². The maximum absolute atomic E-state index is 13.0. The predicted molar refractivity (Wildman–Crippen MR) is 100 cm³/mol. The van der Waals surface area contributed by atoms with Crippen LogP contribution in [0.15, 0.2) is 24.3 Å². The molecule has 0 spiro atoms. The zero-order valence-corrected chi connectivity index (χ0v) is 16.6. The van der Waals surface area contributed by atoms with E-state index < -0.39 is 29.1 Å². The van der Waals surface area contributed by atoms with Crippen molar-refractivity contribution in [2.45, 2.75) is 72.1 Å². The molecular weight excluding hydrogens is 330 g/mol. The van der Waals surface area contributed by atoms with Gasteiger partial charge in [-0.1, -0.05) is 45.0 Å². The lowest BCUT2D eigenvalue weighted by Crippen LogP contribution is -2.43. The van der Waals surface area contributed by atoms with Crippen molar-refractivity contribution in [3.8, 4) is 0 Å². The van der Waals surface area contributed by atoms with Crippen molar-refractivity contribution in [2.75, 3.05) is 0 Å². The first kappa shape index (κ1) is 20.4. The number of rotatable bonds is 4. The Kier molecular flexibility index (Phi) is 5.81. The molecule has 1 aliphatic rings. The lowest BCUT2D eigenvalue weighted by atomic mass is 9.78. The van der Waals surface area contributed by atoms with Crippen molar-refractivity contribution >= 4 is 11.9 Å². The Morgan fingerprint density at radius 1 is 1.19 bits per heavy atom. The third kappa shape index (κ3) is 5.07. The third-order valence-electron chi connectivity index (χ3n) is 4.65. The molecule has 26 heavy (non-hydrogen) atoms. The monoisotopic (exact) mass is 361 g/mol. The summed E-state index contributed by atoms with van der Waals surface area (Å²) >= 11 is 0. The molecule has 0 unspecified atom stereocenters. The van der Waals surface area contributed by atoms with Crippen molar-refractivity contribution in [1.29, 1.82) is 0 Å². The van der Waals surface area contributed by atoms with E-state index in [4.69, 9.17) is 4.74 Å². The Balaban J connectivity index is 2.14. The van der Waals surface area contributed by atoms with E-state index in [1.54, 1.807) is 0 Å². The molecule has 0 aliphatic heterocycles. The number of hydrogen-bond acceptors (Lipinski definition) is 4. The molecule has 0 fully saturated rings. The molecule has 3 atom stereocenters. The SMILES string of the molecule is CC(C)(C)OC(=O)C[C@H](C(=O)N[C@H]1c2ccccc2C[C@H]1O)C(C)(C)C. The average molecular weight is 361 g/mol. The van der Waals surface area contributed by atoms with Crippen LogP contribution >= 0.6 is 0 Å². The van der Waals surface area contributed by atoms with Crippen LogP contribution in [0, 0.1) is 11.3 Å². The van der Waals surface area contributed by atoms with E-state index in [1.807, 2.05) is 65.8 Å². The van der Waals surface area contributed by atoms with Gasteiger partial charge in [-0.2, -0.15) is 0 Å². The number of esters is 1. The number of benzene rings is 1. The van der Waals surface area contributed by atoms with Crippen LogP contribution in [0.4, 0.5) is 0 Å². The standard InChI is InChI=1S/C21H31NO4/c1-20(2,3)15(12-17(24)26-21(4,5)6)19(25)22-18-14-10-8-7-9-13(14)11-16(18)23/h7-10,15-16,18,23H,11-12H2,1-6H3,(H,22,25)/t15-,16-,18+/m1/s1. The number of aliphatic hydroxyl groups is 1. The van der Waals surface area contributed by atoms with Crippen LogP contribution in [-0.4, -0.2) is 28.7 Å². The number of ether oxygens (including phenoxy) is 1. The molecule has 144 valence electrons. The summed E-state index contributed by atoms with van der Waals surface area (Å²) < 4.78 is 5.39. The molecule has 2 N–H and O–H groups in total. The van der Waals surface area contributed by atoms with Gasteiger partial charge in [0.1, 0.15) is 5.60 Å². The minimum atomic E-state index is -0.654. The molecule has 0 aromatic heterocycles.